The Hall–Kier alpha value is -3.94. The minimum absolute atomic E-state index is 0.229. The number of hydrogen-bond donors (Lipinski definition) is 1. The quantitative estimate of drug-likeness (QED) is 0.507. The monoisotopic (exact) mass is 385 g/mol. The predicted molar refractivity (Wildman–Crippen MR) is 109 cm³/mol. The lowest BCUT2D eigenvalue weighted by atomic mass is 10.1. The molecule has 142 valence electrons. The molecule has 0 amide bonds. The van der Waals surface area contributed by atoms with E-state index >= 15 is 0 Å². The molecule has 29 heavy (non-hydrogen) atoms. The molecule has 0 fully saturated rings. The van der Waals surface area contributed by atoms with Crippen LogP contribution in [0.3, 0.4) is 0 Å². The van der Waals surface area contributed by atoms with Crippen LogP contribution >= 0.6 is 0 Å². The molecule has 7 nitrogen and oxygen atoms in total. The average molecular weight is 385 g/mol. The van der Waals surface area contributed by atoms with E-state index in [0.717, 1.165) is 27.7 Å². The number of H-pyrrole nitrogens is 1. The lowest BCUT2D eigenvalue weighted by molar-refractivity contribution is 0.607. The number of nitrogens with one attached hydrogen (secondary N) is 1. The van der Waals surface area contributed by atoms with Gasteiger partial charge in [-0.05, 0) is 18.2 Å². The molecule has 0 aliphatic heterocycles. The van der Waals surface area contributed by atoms with Gasteiger partial charge in [0.05, 0.1) is 34.5 Å². The van der Waals surface area contributed by atoms with Crippen LogP contribution in [0.25, 0.3) is 33.3 Å². The molecule has 0 radical (unpaired) electrons. The second kappa shape index (κ2) is 6.90. The van der Waals surface area contributed by atoms with Crippen LogP contribution in [0.4, 0.5) is 10.2 Å². The molecule has 5 rings (SSSR count). The van der Waals surface area contributed by atoms with E-state index in [2.05, 4.69) is 30.1 Å². The molecular formula is C21H16FN7. The Kier molecular flexibility index (Phi) is 4.09. The highest BCUT2D eigenvalue weighted by molar-refractivity contribution is 5.92. The third-order valence-corrected chi connectivity index (χ3v) is 4.81. The molecule has 8 heteroatoms. The number of rotatable bonds is 4. The van der Waals surface area contributed by atoms with E-state index in [4.69, 9.17) is 0 Å². The SMILES string of the molecule is CN(Cc1ccccc1F)c1cnc2cc(-c3ncnc4[nH]ncc34)ccc2n1. The summed E-state index contributed by atoms with van der Waals surface area (Å²) in [6, 6.07) is 12.5. The Labute approximate surface area is 165 Å². The van der Waals surface area contributed by atoms with Crippen LogP contribution in [0, 0.1) is 5.82 Å². The summed E-state index contributed by atoms with van der Waals surface area (Å²) in [7, 11) is 1.87. The van der Waals surface area contributed by atoms with Crippen molar-refractivity contribution in [2.24, 2.45) is 0 Å². The van der Waals surface area contributed by atoms with Crippen molar-refractivity contribution >= 4 is 27.9 Å². The van der Waals surface area contributed by atoms with E-state index < -0.39 is 0 Å². The van der Waals surface area contributed by atoms with Gasteiger partial charge in [0.1, 0.15) is 18.0 Å². The molecule has 0 atom stereocenters. The van der Waals surface area contributed by atoms with Crippen molar-refractivity contribution in [2.45, 2.75) is 6.54 Å². The molecule has 3 heterocycles. The first kappa shape index (κ1) is 17.2. The number of nitrogens with zero attached hydrogens (tertiary/aromatic N) is 6. The zero-order valence-electron chi connectivity index (χ0n) is 15.5. The van der Waals surface area contributed by atoms with Crippen molar-refractivity contribution in [3.63, 3.8) is 0 Å². The summed E-state index contributed by atoms with van der Waals surface area (Å²) in [5, 5.41) is 7.73. The van der Waals surface area contributed by atoms with Gasteiger partial charge in [0.2, 0.25) is 0 Å². The third-order valence-electron chi connectivity index (χ3n) is 4.81. The number of aromatic nitrogens is 6. The zero-order valence-corrected chi connectivity index (χ0v) is 15.5. The smallest absolute Gasteiger partial charge is 0.159 e. The molecule has 0 bridgehead atoms. The Balaban J connectivity index is 1.48. The summed E-state index contributed by atoms with van der Waals surface area (Å²) in [6.45, 7) is 0.407. The first-order chi connectivity index (χ1) is 14.2. The van der Waals surface area contributed by atoms with E-state index in [1.54, 1.807) is 24.5 Å². The van der Waals surface area contributed by atoms with E-state index in [-0.39, 0.29) is 5.82 Å². The highest BCUT2D eigenvalue weighted by Crippen LogP contribution is 2.27. The summed E-state index contributed by atoms with van der Waals surface area (Å²) in [4.78, 5) is 19.7. The van der Waals surface area contributed by atoms with Gasteiger partial charge in [0, 0.05) is 24.7 Å². The maximum atomic E-state index is 13.9. The second-order valence-corrected chi connectivity index (χ2v) is 6.73. The number of fused-ring (bicyclic) bond motifs is 2. The van der Waals surface area contributed by atoms with Gasteiger partial charge < -0.3 is 4.90 Å². The standard InChI is InChI=1S/C21H16FN7/c1-29(11-14-4-2-3-5-16(14)22)19-10-23-18-8-13(6-7-17(18)27-19)20-15-9-26-28-21(15)25-12-24-20/h2-10,12H,11H2,1H3,(H,24,25,26,28). The van der Waals surface area contributed by atoms with Crippen molar-refractivity contribution in [1.82, 2.24) is 30.1 Å². The van der Waals surface area contributed by atoms with E-state index in [0.29, 0.717) is 23.6 Å². The Morgan fingerprint density at radius 3 is 2.79 bits per heavy atom. The molecule has 0 spiro atoms. The van der Waals surface area contributed by atoms with Crippen molar-refractivity contribution in [3.05, 3.63) is 72.6 Å². The first-order valence-corrected chi connectivity index (χ1v) is 9.05. The molecule has 1 N–H and O–H groups in total. The Morgan fingerprint density at radius 2 is 1.90 bits per heavy atom. The van der Waals surface area contributed by atoms with Crippen LogP contribution in [0.5, 0.6) is 0 Å². The van der Waals surface area contributed by atoms with Crippen LogP contribution < -0.4 is 4.90 Å². The number of benzene rings is 2. The Morgan fingerprint density at radius 1 is 1.00 bits per heavy atom. The molecule has 0 aliphatic rings. The summed E-state index contributed by atoms with van der Waals surface area (Å²) in [6.07, 6.45) is 4.91. The number of hydrogen-bond acceptors (Lipinski definition) is 6. The summed E-state index contributed by atoms with van der Waals surface area (Å²) < 4.78 is 13.9. The largest absolute Gasteiger partial charge is 0.354 e. The fourth-order valence-corrected chi connectivity index (χ4v) is 3.29. The maximum Gasteiger partial charge on any atom is 0.159 e. The van der Waals surface area contributed by atoms with Crippen LogP contribution in [0.2, 0.25) is 0 Å². The lowest BCUT2D eigenvalue weighted by Gasteiger charge is -2.18. The predicted octanol–water partition coefficient (Wildman–Crippen LogP) is 3.74. The van der Waals surface area contributed by atoms with Gasteiger partial charge >= 0.3 is 0 Å². The molecular weight excluding hydrogens is 369 g/mol. The minimum atomic E-state index is -0.229. The fourth-order valence-electron chi connectivity index (χ4n) is 3.29. The van der Waals surface area contributed by atoms with Gasteiger partial charge in [-0.2, -0.15) is 5.10 Å². The average Bonchev–Trinajstić information content (AvgIpc) is 3.23. The van der Waals surface area contributed by atoms with Crippen molar-refractivity contribution < 1.29 is 4.39 Å². The minimum Gasteiger partial charge on any atom is -0.354 e. The first-order valence-electron chi connectivity index (χ1n) is 9.05. The Bertz CT molecular complexity index is 1330. The van der Waals surface area contributed by atoms with E-state index in [1.165, 1.54) is 12.4 Å². The topological polar surface area (TPSA) is 83.5 Å². The summed E-state index contributed by atoms with van der Waals surface area (Å²) in [5.74, 6) is 0.445. The molecule has 0 unspecified atom stereocenters. The molecule has 3 aromatic heterocycles. The molecule has 0 aliphatic carbocycles. The molecule has 0 saturated carbocycles. The van der Waals surface area contributed by atoms with Crippen LogP contribution in [-0.2, 0) is 6.54 Å². The van der Waals surface area contributed by atoms with E-state index in [9.17, 15) is 4.39 Å². The van der Waals surface area contributed by atoms with Gasteiger partial charge in [-0.25, -0.2) is 19.3 Å². The van der Waals surface area contributed by atoms with Crippen LogP contribution in [0.1, 0.15) is 5.56 Å². The fraction of sp³-hybridized carbons (Fsp3) is 0.0952. The number of aromatic amines is 1. The van der Waals surface area contributed by atoms with Gasteiger partial charge in [0.25, 0.3) is 0 Å². The van der Waals surface area contributed by atoms with Gasteiger partial charge in [-0.15, -0.1) is 0 Å². The van der Waals surface area contributed by atoms with Crippen LogP contribution in [0.15, 0.2) is 61.2 Å². The van der Waals surface area contributed by atoms with Crippen molar-refractivity contribution in [1.29, 1.82) is 0 Å². The summed E-state index contributed by atoms with van der Waals surface area (Å²) in [5.41, 5.74) is 4.50. The van der Waals surface area contributed by atoms with Crippen LogP contribution in [-0.4, -0.2) is 37.2 Å². The molecule has 5 aromatic rings. The van der Waals surface area contributed by atoms with E-state index in [1.807, 2.05) is 36.2 Å². The lowest BCUT2D eigenvalue weighted by Crippen LogP contribution is -2.18. The van der Waals surface area contributed by atoms with Gasteiger partial charge in [-0.1, -0.05) is 24.3 Å². The van der Waals surface area contributed by atoms with Crippen molar-refractivity contribution in [3.8, 4) is 11.3 Å². The van der Waals surface area contributed by atoms with Crippen molar-refractivity contribution in [2.75, 3.05) is 11.9 Å². The second-order valence-electron chi connectivity index (χ2n) is 6.73. The van der Waals surface area contributed by atoms with Gasteiger partial charge in [0.15, 0.2) is 5.65 Å². The summed E-state index contributed by atoms with van der Waals surface area (Å²) >= 11 is 0. The number of halogens is 1. The normalized spacial score (nSPS) is 11.2. The third kappa shape index (κ3) is 3.14. The highest BCUT2D eigenvalue weighted by Gasteiger charge is 2.12. The van der Waals surface area contributed by atoms with Gasteiger partial charge in [-0.3, -0.25) is 10.1 Å². The molecule has 0 saturated heterocycles. The highest BCUT2D eigenvalue weighted by atomic mass is 19.1. The maximum absolute atomic E-state index is 13.9. The zero-order chi connectivity index (χ0) is 19.8. The molecule has 2 aromatic carbocycles. The number of anilines is 1.